The van der Waals surface area contributed by atoms with E-state index in [2.05, 4.69) is 10.4 Å². The molecule has 40 heavy (non-hydrogen) atoms. The van der Waals surface area contributed by atoms with E-state index in [0.29, 0.717) is 29.7 Å². The quantitative estimate of drug-likeness (QED) is 0.408. The normalized spacial score (nSPS) is 20.5. The van der Waals surface area contributed by atoms with E-state index >= 15 is 0 Å². The van der Waals surface area contributed by atoms with E-state index in [9.17, 15) is 27.9 Å². The molecule has 2 aromatic carbocycles. The summed E-state index contributed by atoms with van der Waals surface area (Å²) in [5.74, 6) is -0.136. The zero-order valence-corrected chi connectivity index (χ0v) is 22.9. The van der Waals surface area contributed by atoms with Gasteiger partial charge in [-0.15, -0.1) is 0 Å². The third-order valence-electron chi connectivity index (χ3n) is 7.70. The minimum atomic E-state index is -3.84. The Morgan fingerprint density at radius 2 is 1.80 bits per heavy atom. The number of rotatable bonds is 7. The minimum absolute atomic E-state index is 0.0201. The first-order valence-corrected chi connectivity index (χ1v) is 14.7. The van der Waals surface area contributed by atoms with Crippen LogP contribution < -0.4 is 10.1 Å². The highest BCUT2D eigenvalue weighted by atomic mass is 32.2. The Morgan fingerprint density at radius 1 is 1.10 bits per heavy atom. The number of carbonyl (C=O) groups is 3. The van der Waals surface area contributed by atoms with Crippen molar-refractivity contribution >= 4 is 44.6 Å². The number of fused-ring (bicyclic) bond motifs is 1. The lowest BCUT2D eigenvalue weighted by Crippen LogP contribution is -2.51. The van der Waals surface area contributed by atoms with E-state index in [1.165, 1.54) is 11.1 Å². The van der Waals surface area contributed by atoms with Gasteiger partial charge in [-0.3, -0.25) is 13.8 Å². The molecule has 1 aliphatic carbocycles. The number of hydrogen-bond acceptors (Lipinski definition) is 8. The molecule has 1 saturated heterocycles. The lowest BCUT2D eigenvalue weighted by atomic mass is 9.77. The van der Waals surface area contributed by atoms with Gasteiger partial charge in [-0.05, 0) is 42.7 Å². The highest BCUT2D eigenvalue weighted by Gasteiger charge is 2.51. The Hall–Kier alpha value is -3.97. The molecule has 2 N–H and O–H groups in total. The molecule has 3 aromatic rings. The second kappa shape index (κ2) is 10.5. The van der Waals surface area contributed by atoms with Crippen LogP contribution in [0.5, 0.6) is 5.75 Å². The number of likely N-dealkylation sites (tertiary alicyclic amines) is 1. The number of carbonyl (C=O) groups excluding carboxylic acids is 2. The maximum atomic E-state index is 14.3. The van der Waals surface area contributed by atoms with Crippen LogP contribution in [-0.2, 0) is 29.3 Å². The number of amides is 2. The number of hydrogen-bond donors (Lipinski definition) is 2. The van der Waals surface area contributed by atoms with Crippen LogP contribution in [0, 0.1) is 0 Å². The molecular formula is C27H30N4O8S. The maximum absolute atomic E-state index is 14.3. The SMILES string of the molecule is COc1ccc(C2(C(=O)N3C[C@@H](OS(C)(=O)=O)C[C@@H]3C(=O)Nc3cccc4c3cnn4C(=O)O)CCCC2)cc1. The highest BCUT2D eigenvalue weighted by Crippen LogP contribution is 2.44. The summed E-state index contributed by atoms with van der Waals surface area (Å²) in [6.07, 6.45) is 2.94. The summed E-state index contributed by atoms with van der Waals surface area (Å²) in [6.45, 7) is -0.0664. The predicted molar refractivity (Wildman–Crippen MR) is 145 cm³/mol. The summed E-state index contributed by atoms with van der Waals surface area (Å²) < 4.78 is 35.2. The van der Waals surface area contributed by atoms with Crippen molar-refractivity contribution in [2.75, 3.05) is 25.2 Å². The van der Waals surface area contributed by atoms with Gasteiger partial charge in [0.05, 0.1) is 42.3 Å². The molecule has 2 aliphatic rings. The van der Waals surface area contributed by atoms with Crippen LogP contribution in [0.25, 0.3) is 10.9 Å². The van der Waals surface area contributed by atoms with E-state index in [1.807, 2.05) is 12.1 Å². The van der Waals surface area contributed by atoms with Gasteiger partial charge in [0.25, 0.3) is 10.1 Å². The molecule has 13 heteroatoms. The van der Waals surface area contributed by atoms with E-state index < -0.39 is 39.7 Å². The largest absolute Gasteiger partial charge is 0.497 e. The number of carboxylic acid groups (broad SMARTS) is 1. The lowest BCUT2D eigenvalue weighted by Gasteiger charge is -2.35. The number of nitrogens with one attached hydrogen (secondary N) is 1. The van der Waals surface area contributed by atoms with Crippen LogP contribution in [0.3, 0.4) is 0 Å². The molecule has 0 radical (unpaired) electrons. The molecule has 0 spiro atoms. The number of nitrogens with zero attached hydrogens (tertiary/aromatic N) is 3. The third kappa shape index (κ3) is 5.13. The first-order valence-electron chi connectivity index (χ1n) is 12.9. The number of benzene rings is 2. The third-order valence-corrected chi connectivity index (χ3v) is 8.32. The number of methoxy groups -OCH3 is 1. The Morgan fingerprint density at radius 3 is 2.42 bits per heavy atom. The van der Waals surface area contributed by atoms with E-state index in [0.717, 1.165) is 29.3 Å². The Labute approximate surface area is 231 Å². The number of aromatic nitrogens is 2. The number of anilines is 1. The van der Waals surface area contributed by atoms with Crippen molar-refractivity contribution in [1.82, 2.24) is 14.7 Å². The molecule has 1 saturated carbocycles. The summed E-state index contributed by atoms with van der Waals surface area (Å²) in [5, 5.41) is 16.5. The Bertz CT molecular complexity index is 1560. The summed E-state index contributed by atoms with van der Waals surface area (Å²) in [5.41, 5.74) is 0.550. The van der Waals surface area contributed by atoms with E-state index in [1.54, 1.807) is 37.4 Å². The average molecular weight is 571 g/mol. The Kier molecular flexibility index (Phi) is 7.27. The average Bonchev–Trinajstić information content (AvgIpc) is 3.66. The van der Waals surface area contributed by atoms with Gasteiger partial charge in [-0.1, -0.05) is 31.0 Å². The molecule has 12 nitrogen and oxygen atoms in total. The second-order valence-corrected chi connectivity index (χ2v) is 11.8. The summed E-state index contributed by atoms with van der Waals surface area (Å²) in [4.78, 5) is 40.9. The van der Waals surface area contributed by atoms with Crippen molar-refractivity contribution in [3.63, 3.8) is 0 Å². The van der Waals surface area contributed by atoms with Gasteiger partial charge in [0.2, 0.25) is 11.8 Å². The standard InChI is InChI=1S/C27H30N4O8S/c1-38-18-10-8-17(9-11-18)27(12-3-4-13-27)25(33)30-16-19(39-40(2,36)37)14-23(30)24(32)29-21-6-5-7-22-20(21)15-28-31(22)26(34)35/h5-11,15,19,23H,3-4,12-14,16H2,1-2H3,(H,29,32)(H,34,35)/t19-,23+/m0/s1. The smallest absolute Gasteiger partial charge is 0.432 e. The molecule has 0 bridgehead atoms. The van der Waals surface area contributed by atoms with Crippen LogP contribution in [0.15, 0.2) is 48.7 Å². The van der Waals surface area contributed by atoms with E-state index in [4.69, 9.17) is 8.92 Å². The van der Waals surface area contributed by atoms with Crippen molar-refractivity contribution in [3.8, 4) is 5.75 Å². The summed E-state index contributed by atoms with van der Waals surface area (Å²) in [7, 11) is -2.28. The van der Waals surface area contributed by atoms with Crippen molar-refractivity contribution in [3.05, 3.63) is 54.2 Å². The fourth-order valence-electron chi connectivity index (χ4n) is 5.91. The monoisotopic (exact) mass is 570 g/mol. The fourth-order valence-corrected chi connectivity index (χ4v) is 6.54. The van der Waals surface area contributed by atoms with Crippen LogP contribution in [0.1, 0.15) is 37.7 Å². The van der Waals surface area contributed by atoms with Crippen molar-refractivity contribution in [2.45, 2.75) is 49.7 Å². The van der Waals surface area contributed by atoms with Crippen molar-refractivity contribution in [1.29, 1.82) is 0 Å². The van der Waals surface area contributed by atoms with Crippen molar-refractivity contribution in [2.24, 2.45) is 0 Å². The molecule has 1 aliphatic heterocycles. The maximum Gasteiger partial charge on any atom is 0.432 e. The number of ether oxygens (including phenoxy) is 1. The molecule has 1 aromatic heterocycles. The van der Waals surface area contributed by atoms with Crippen LogP contribution in [-0.4, -0.2) is 78.2 Å². The summed E-state index contributed by atoms with van der Waals surface area (Å²) in [6, 6.07) is 11.1. The topological polar surface area (TPSA) is 157 Å². The van der Waals surface area contributed by atoms with Gasteiger partial charge in [0, 0.05) is 18.4 Å². The fraction of sp³-hybridized carbons (Fsp3) is 0.407. The second-order valence-electron chi connectivity index (χ2n) is 10.2. The van der Waals surface area contributed by atoms with Gasteiger partial charge < -0.3 is 20.1 Å². The predicted octanol–water partition coefficient (Wildman–Crippen LogP) is 2.97. The molecule has 5 rings (SSSR count). The van der Waals surface area contributed by atoms with Gasteiger partial charge >= 0.3 is 6.09 Å². The summed E-state index contributed by atoms with van der Waals surface area (Å²) >= 11 is 0. The van der Waals surface area contributed by atoms with Crippen molar-refractivity contribution < 1.29 is 36.8 Å². The molecule has 212 valence electrons. The first kappa shape index (κ1) is 27.6. The zero-order chi connectivity index (χ0) is 28.7. The molecule has 2 amide bonds. The molecular weight excluding hydrogens is 540 g/mol. The van der Waals surface area contributed by atoms with Crippen LogP contribution in [0.2, 0.25) is 0 Å². The van der Waals surface area contributed by atoms with Gasteiger partial charge in [-0.25, -0.2) is 4.79 Å². The van der Waals surface area contributed by atoms with Gasteiger partial charge in [0.15, 0.2) is 0 Å². The molecule has 2 atom stereocenters. The Balaban J connectivity index is 1.48. The molecule has 0 unspecified atom stereocenters. The van der Waals surface area contributed by atoms with Gasteiger partial charge in [-0.2, -0.15) is 18.2 Å². The minimum Gasteiger partial charge on any atom is -0.497 e. The van der Waals surface area contributed by atoms with Gasteiger partial charge in [0.1, 0.15) is 11.8 Å². The first-order chi connectivity index (χ1) is 19.0. The van der Waals surface area contributed by atoms with Crippen LogP contribution in [0.4, 0.5) is 10.5 Å². The molecule has 2 heterocycles. The highest BCUT2D eigenvalue weighted by molar-refractivity contribution is 7.86. The zero-order valence-electron chi connectivity index (χ0n) is 22.1. The lowest BCUT2D eigenvalue weighted by molar-refractivity contribution is -0.141. The van der Waals surface area contributed by atoms with E-state index in [-0.39, 0.29) is 24.4 Å². The van der Waals surface area contributed by atoms with Crippen LogP contribution >= 0.6 is 0 Å². The molecule has 2 fully saturated rings.